The Hall–Kier alpha value is -0.740. The van der Waals surface area contributed by atoms with Gasteiger partial charge < -0.3 is 4.74 Å². The van der Waals surface area contributed by atoms with Crippen molar-refractivity contribution in [1.82, 2.24) is 10.2 Å². The van der Waals surface area contributed by atoms with Crippen molar-refractivity contribution < 1.29 is 4.74 Å². The van der Waals surface area contributed by atoms with Crippen LogP contribution in [0.3, 0.4) is 0 Å². The molecule has 1 heterocycles. The molecule has 0 saturated heterocycles. The van der Waals surface area contributed by atoms with Crippen molar-refractivity contribution in [1.29, 1.82) is 0 Å². The van der Waals surface area contributed by atoms with Crippen molar-refractivity contribution in [3.8, 4) is 5.75 Å². The third-order valence-electron chi connectivity index (χ3n) is 1.79. The summed E-state index contributed by atoms with van der Waals surface area (Å²) in [4.78, 5) is 0. The molecule has 1 N–H and O–H groups in total. The molecule has 2 rings (SSSR count). The summed E-state index contributed by atoms with van der Waals surface area (Å²) in [6.45, 7) is 0. The number of H-pyrrole nitrogens is 1. The van der Waals surface area contributed by atoms with E-state index in [-0.39, 0.29) is 0 Å². The molecule has 0 aliphatic rings. The van der Waals surface area contributed by atoms with Gasteiger partial charge in [-0.05, 0) is 28.1 Å². The predicted molar refractivity (Wildman–Crippen MR) is 55.4 cm³/mol. The molecule has 0 aliphatic carbocycles. The highest BCUT2D eigenvalue weighted by Crippen LogP contribution is 2.34. The fourth-order valence-corrected chi connectivity index (χ4v) is 1.83. The van der Waals surface area contributed by atoms with Gasteiger partial charge in [-0.25, -0.2) is 0 Å². The van der Waals surface area contributed by atoms with Crippen LogP contribution in [0.25, 0.3) is 10.9 Å². The predicted octanol–water partition coefficient (Wildman–Crippen LogP) is 2.99. The summed E-state index contributed by atoms with van der Waals surface area (Å²) in [7, 11) is 1.57. The van der Waals surface area contributed by atoms with E-state index in [4.69, 9.17) is 16.3 Å². The summed E-state index contributed by atoms with van der Waals surface area (Å²) in [5.74, 6) is 0.598. The zero-order chi connectivity index (χ0) is 9.42. The third-order valence-corrected chi connectivity index (χ3v) is 2.69. The quantitative estimate of drug-likeness (QED) is 0.857. The molecule has 0 radical (unpaired) electrons. The molecule has 1 aromatic heterocycles. The molecule has 0 spiro atoms. The molecule has 0 bridgehead atoms. The van der Waals surface area contributed by atoms with Crippen molar-refractivity contribution >= 4 is 38.4 Å². The van der Waals surface area contributed by atoms with Gasteiger partial charge in [-0.15, -0.1) is 0 Å². The molecule has 3 nitrogen and oxygen atoms in total. The van der Waals surface area contributed by atoms with Crippen molar-refractivity contribution in [3.63, 3.8) is 0 Å². The van der Waals surface area contributed by atoms with E-state index >= 15 is 0 Å². The van der Waals surface area contributed by atoms with Crippen molar-refractivity contribution in [2.45, 2.75) is 0 Å². The Kier molecular flexibility index (Phi) is 2.17. The maximum absolute atomic E-state index is 5.92. The van der Waals surface area contributed by atoms with Crippen LogP contribution in [0.15, 0.2) is 16.7 Å². The average Bonchev–Trinajstić information content (AvgIpc) is 2.48. The molecule has 13 heavy (non-hydrogen) atoms. The normalized spacial score (nSPS) is 10.7. The zero-order valence-corrected chi connectivity index (χ0v) is 9.11. The van der Waals surface area contributed by atoms with Crippen LogP contribution < -0.4 is 4.74 Å². The molecule has 0 amide bonds. The van der Waals surface area contributed by atoms with Crippen LogP contribution in [0.2, 0.25) is 5.02 Å². The highest BCUT2D eigenvalue weighted by atomic mass is 79.9. The topological polar surface area (TPSA) is 37.9 Å². The fourth-order valence-electron chi connectivity index (χ4n) is 1.19. The van der Waals surface area contributed by atoms with Crippen LogP contribution in [0.4, 0.5) is 0 Å². The second-order valence-electron chi connectivity index (χ2n) is 2.51. The lowest BCUT2D eigenvalue weighted by atomic mass is 10.2. The minimum atomic E-state index is 0.564. The first-order chi connectivity index (χ1) is 6.24. The molecule has 1 aromatic carbocycles. The highest BCUT2D eigenvalue weighted by Gasteiger charge is 2.11. The largest absolute Gasteiger partial charge is 0.493 e. The van der Waals surface area contributed by atoms with E-state index in [1.54, 1.807) is 13.2 Å². The summed E-state index contributed by atoms with van der Waals surface area (Å²) in [6, 6.07) is 3.66. The Balaban J connectivity index is 2.85. The van der Waals surface area contributed by atoms with E-state index in [1.165, 1.54) is 0 Å². The molecule has 0 aliphatic heterocycles. The number of nitrogens with one attached hydrogen (secondary N) is 1. The maximum atomic E-state index is 5.92. The van der Waals surface area contributed by atoms with Gasteiger partial charge >= 0.3 is 0 Å². The Morgan fingerprint density at radius 3 is 3.00 bits per heavy atom. The summed E-state index contributed by atoms with van der Waals surface area (Å²) >= 11 is 9.26. The monoisotopic (exact) mass is 260 g/mol. The van der Waals surface area contributed by atoms with Gasteiger partial charge in [-0.1, -0.05) is 11.6 Å². The molecular weight excluding hydrogens is 255 g/mol. The molecule has 0 fully saturated rings. The average molecular weight is 262 g/mol. The Morgan fingerprint density at radius 2 is 2.31 bits per heavy atom. The third kappa shape index (κ3) is 1.30. The lowest BCUT2D eigenvalue weighted by molar-refractivity contribution is 0.419. The second-order valence-corrected chi connectivity index (χ2v) is 3.71. The first-order valence-electron chi connectivity index (χ1n) is 3.60. The Morgan fingerprint density at radius 1 is 1.54 bits per heavy atom. The molecular formula is C8H6BrClN2O. The first-order valence-corrected chi connectivity index (χ1v) is 4.77. The smallest absolute Gasteiger partial charge is 0.165 e. The fraction of sp³-hybridized carbons (Fsp3) is 0.125. The zero-order valence-electron chi connectivity index (χ0n) is 6.77. The number of halogens is 2. The highest BCUT2D eigenvalue weighted by molar-refractivity contribution is 9.10. The number of aromatic nitrogens is 2. The molecule has 0 atom stereocenters. The number of hydrogen-bond donors (Lipinski definition) is 1. The number of ether oxygens (including phenoxy) is 1. The van der Waals surface area contributed by atoms with Gasteiger partial charge in [-0.3, -0.25) is 5.10 Å². The number of aromatic amines is 1. The molecule has 2 aromatic rings. The molecule has 0 saturated carbocycles. The van der Waals surface area contributed by atoms with Crippen molar-refractivity contribution in [2.24, 2.45) is 0 Å². The molecule has 0 unspecified atom stereocenters. The van der Waals surface area contributed by atoms with Gasteiger partial charge in [0.05, 0.1) is 12.1 Å². The number of fused-ring (bicyclic) bond motifs is 1. The van der Waals surface area contributed by atoms with E-state index in [0.717, 1.165) is 15.5 Å². The summed E-state index contributed by atoms with van der Waals surface area (Å²) < 4.78 is 5.97. The molecule has 68 valence electrons. The lowest BCUT2D eigenvalue weighted by Crippen LogP contribution is -1.85. The van der Waals surface area contributed by atoms with Gasteiger partial charge in [0.1, 0.15) is 10.1 Å². The van der Waals surface area contributed by atoms with Gasteiger partial charge in [0.2, 0.25) is 0 Å². The van der Waals surface area contributed by atoms with Crippen molar-refractivity contribution in [2.75, 3.05) is 7.11 Å². The number of hydrogen-bond acceptors (Lipinski definition) is 2. The van der Waals surface area contributed by atoms with Crippen LogP contribution in [-0.2, 0) is 0 Å². The Bertz CT molecular complexity index is 455. The number of rotatable bonds is 1. The number of methoxy groups -OCH3 is 1. The van der Waals surface area contributed by atoms with Gasteiger partial charge in [-0.2, -0.15) is 5.10 Å². The molecule has 5 heteroatoms. The summed E-state index contributed by atoms with van der Waals surface area (Å²) in [6.07, 6.45) is 0. The van der Waals surface area contributed by atoms with Crippen LogP contribution in [-0.4, -0.2) is 17.3 Å². The second kappa shape index (κ2) is 3.20. The lowest BCUT2D eigenvalue weighted by Gasteiger charge is -2.01. The minimum Gasteiger partial charge on any atom is -0.493 e. The van der Waals surface area contributed by atoms with E-state index in [0.29, 0.717) is 10.8 Å². The number of benzene rings is 1. The van der Waals surface area contributed by atoms with Crippen LogP contribution in [0.1, 0.15) is 0 Å². The van der Waals surface area contributed by atoms with E-state index in [1.807, 2.05) is 6.07 Å². The van der Waals surface area contributed by atoms with Crippen molar-refractivity contribution in [3.05, 3.63) is 21.8 Å². The number of nitrogens with zero attached hydrogens (tertiary/aromatic N) is 1. The summed E-state index contributed by atoms with van der Waals surface area (Å²) in [5, 5.41) is 8.40. The van der Waals surface area contributed by atoms with Crippen LogP contribution in [0.5, 0.6) is 5.75 Å². The standard InChI is InChI=1S/C8H6BrClN2O/c1-13-7-5(10)3-2-4-6(7)11-12-8(4)9/h2-3H,1H3,(H,11,12). The van der Waals surface area contributed by atoms with E-state index in [2.05, 4.69) is 26.1 Å². The van der Waals surface area contributed by atoms with Crippen LogP contribution in [0, 0.1) is 0 Å². The Labute approximate surface area is 88.2 Å². The van der Waals surface area contributed by atoms with Gasteiger partial charge in [0, 0.05) is 5.39 Å². The minimum absolute atomic E-state index is 0.564. The first kappa shape index (κ1) is 8.84. The maximum Gasteiger partial charge on any atom is 0.165 e. The van der Waals surface area contributed by atoms with Crippen LogP contribution >= 0.6 is 27.5 Å². The van der Waals surface area contributed by atoms with Gasteiger partial charge in [0.15, 0.2) is 5.75 Å². The van der Waals surface area contributed by atoms with E-state index < -0.39 is 0 Å². The van der Waals surface area contributed by atoms with E-state index in [9.17, 15) is 0 Å². The SMILES string of the molecule is COc1c(Cl)ccc2c(Br)[nH]nc12. The van der Waals surface area contributed by atoms with Gasteiger partial charge in [0.25, 0.3) is 0 Å². The summed E-state index contributed by atoms with van der Waals surface area (Å²) in [5.41, 5.74) is 0.738.